The lowest BCUT2D eigenvalue weighted by Gasteiger charge is -2.13. The second kappa shape index (κ2) is 5.46. The molecule has 0 aliphatic heterocycles. The van der Waals surface area contributed by atoms with Crippen molar-refractivity contribution in [3.05, 3.63) is 70.2 Å². The Kier molecular flexibility index (Phi) is 3.94. The van der Waals surface area contributed by atoms with E-state index in [0.29, 0.717) is 6.42 Å². The van der Waals surface area contributed by atoms with E-state index in [1.807, 2.05) is 30.3 Å². The third kappa shape index (κ3) is 2.86. The highest BCUT2D eigenvalue weighted by Gasteiger charge is 2.16. The first kappa shape index (κ1) is 13.0. The first-order valence-electron chi connectivity index (χ1n) is 5.44. The highest BCUT2D eigenvalue weighted by atomic mass is 35.5. The monoisotopic (exact) mass is 268 g/mol. The molecule has 0 aliphatic carbocycles. The lowest BCUT2D eigenvalue weighted by Crippen LogP contribution is -2.04. The van der Waals surface area contributed by atoms with Crippen molar-refractivity contribution >= 4 is 11.6 Å². The number of aliphatic hydroxyl groups excluding tert-OH is 1. The summed E-state index contributed by atoms with van der Waals surface area (Å²) in [4.78, 5) is 0. The van der Waals surface area contributed by atoms with Crippen molar-refractivity contribution in [3.8, 4) is 0 Å². The zero-order valence-electron chi connectivity index (χ0n) is 9.41. The van der Waals surface area contributed by atoms with Gasteiger partial charge >= 0.3 is 0 Å². The SMILES string of the molecule is OC(Cc1ccccc1)c1cc(F)c(F)cc1Cl. The number of halogens is 3. The van der Waals surface area contributed by atoms with Gasteiger partial charge in [0, 0.05) is 17.0 Å². The van der Waals surface area contributed by atoms with Crippen LogP contribution in [-0.2, 0) is 6.42 Å². The minimum absolute atomic E-state index is 0.0253. The van der Waals surface area contributed by atoms with E-state index in [9.17, 15) is 13.9 Å². The third-order valence-corrected chi connectivity index (χ3v) is 3.00. The van der Waals surface area contributed by atoms with Gasteiger partial charge in [0.2, 0.25) is 0 Å². The Morgan fingerprint density at radius 1 is 1.06 bits per heavy atom. The van der Waals surface area contributed by atoms with Gasteiger partial charge in [-0.2, -0.15) is 0 Å². The van der Waals surface area contributed by atoms with E-state index in [-0.39, 0.29) is 10.6 Å². The molecular weight excluding hydrogens is 258 g/mol. The summed E-state index contributed by atoms with van der Waals surface area (Å²) in [6.07, 6.45) is -0.666. The van der Waals surface area contributed by atoms with Gasteiger partial charge in [0.05, 0.1) is 6.10 Å². The molecule has 94 valence electrons. The lowest BCUT2D eigenvalue weighted by atomic mass is 10.0. The van der Waals surface area contributed by atoms with E-state index < -0.39 is 17.7 Å². The van der Waals surface area contributed by atoms with E-state index in [1.165, 1.54) is 0 Å². The Balaban J connectivity index is 2.24. The molecule has 0 spiro atoms. The van der Waals surface area contributed by atoms with Crippen molar-refractivity contribution in [3.63, 3.8) is 0 Å². The Morgan fingerprint density at radius 3 is 2.33 bits per heavy atom. The van der Waals surface area contributed by atoms with Crippen LogP contribution < -0.4 is 0 Å². The van der Waals surface area contributed by atoms with Crippen LogP contribution in [-0.4, -0.2) is 5.11 Å². The molecule has 2 aromatic carbocycles. The average molecular weight is 269 g/mol. The molecule has 0 saturated carbocycles. The first-order valence-corrected chi connectivity index (χ1v) is 5.82. The summed E-state index contributed by atoms with van der Waals surface area (Å²) in [5.74, 6) is -2.03. The van der Waals surface area contributed by atoms with Crippen LogP contribution in [0.2, 0.25) is 5.02 Å². The molecule has 0 amide bonds. The number of benzene rings is 2. The maximum absolute atomic E-state index is 13.1. The first-order chi connectivity index (χ1) is 8.58. The number of hydrogen-bond donors (Lipinski definition) is 1. The summed E-state index contributed by atoms with van der Waals surface area (Å²) < 4.78 is 26.0. The van der Waals surface area contributed by atoms with Crippen LogP contribution in [0, 0.1) is 11.6 Å². The molecule has 4 heteroatoms. The Morgan fingerprint density at radius 2 is 1.67 bits per heavy atom. The second-order valence-corrected chi connectivity index (χ2v) is 4.40. The summed E-state index contributed by atoms with van der Waals surface area (Å²) in [6.45, 7) is 0. The van der Waals surface area contributed by atoms with Crippen molar-refractivity contribution in [1.29, 1.82) is 0 Å². The molecule has 0 saturated heterocycles. The maximum atomic E-state index is 13.1. The quantitative estimate of drug-likeness (QED) is 0.837. The molecule has 0 aromatic heterocycles. The summed E-state index contributed by atoms with van der Waals surface area (Å²) >= 11 is 5.80. The van der Waals surface area contributed by atoms with Gasteiger partial charge < -0.3 is 5.11 Å². The number of hydrogen-bond acceptors (Lipinski definition) is 1. The van der Waals surface area contributed by atoms with Gasteiger partial charge in [0.25, 0.3) is 0 Å². The van der Waals surface area contributed by atoms with Crippen LogP contribution in [0.4, 0.5) is 8.78 Å². The van der Waals surface area contributed by atoms with Gasteiger partial charge in [-0.3, -0.25) is 0 Å². The van der Waals surface area contributed by atoms with E-state index in [0.717, 1.165) is 17.7 Å². The molecule has 0 fully saturated rings. The Bertz CT molecular complexity index is 543. The molecular formula is C14H11ClF2O. The molecule has 2 aromatic rings. The van der Waals surface area contributed by atoms with Crippen LogP contribution >= 0.6 is 11.6 Å². The minimum Gasteiger partial charge on any atom is -0.388 e. The molecule has 1 N–H and O–H groups in total. The number of rotatable bonds is 3. The second-order valence-electron chi connectivity index (χ2n) is 3.99. The van der Waals surface area contributed by atoms with E-state index in [2.05, 4.69) is 0 Å². The van der Waals surface area contributed by atoms with Crippen LogP contribution in [0.25, 0.3) is 0 Å². The van der Waals surface area contributed by atoms with E-state index >= 15 is 0 Å². The maximum Gasteiger partial charge on any atom is 0.160 e. The van der Waals surface area contributed by atoms with Crippen molar-refractivity contribution in [2.45, 2.75) is 12.5 Å². The van der Waals surface area contributed by atoms with Crippen molar-refractivity contribution in [1.82, 2.24) is 0 Å². The highest BCUT2D eigenvalue weighted by molar-refractivity contribution is 6.31. The van der Waals surface area contributed by atoms with E-state index in [1.54, 1.807) is 0 Å². The van der Waals surface area contributed by atoms with Gasteiger partial charge in [-0.15, -0.1) is 0 Å². The fourth-order valence-corrected chi connectivity index (χ4v) is 2.02. The van der Waals surface area contributed by atoms with Gasteiger partial charge in [0.15, 0.2) is 11.6 Å². The fourth-order valence-electron chi connectivity index (χ4n) is 1.74. The van der Waals surface area contributed by atoms with Crippen molar-refractivity contribution < 1.29 is 13.9 Å². The van der Waals surface area contributed by atoms with Gasteiger partial charge in [-0.25, -0.2) is 8.78 Å². The predicted octanol–water partition coefficient (Wildman–Crippen LogP) is 3.89. The zero-order valence-corrected chi connectivity index (χ0v) is 10.2. The topological polar surface area (TPSA) is 20.2 Å². The predicted molar refractivity (Wildman–Crippen MR) is 66.5 cm³/mol. The smallest absolute Gasteiger partial charge is 0.160 e. The molecule has 1 atom stereocenters. The van der Waals surface area contributed by atoms with Gasteiger partial charge in [0.1, 0.15) is 0 Å². The molecule has 0 heterocycles. The molecule has 1 unspecified atom stereocenters. The van der Waals surface area contributed by atoms with E-state index in [4.69, 9.17) is 11.6 Å². The van der Waals surface area contributed by atoms with Crippen molar-refractivity contribution in [2.24, 2.45) is 0 Å². The molecule has 0 radical (unpaired) electrons. The zero-order chi connectivity index (χ0) is 13.1. The van der Waals surface area contributed by atoms with Crippen LogP contribution in [0.5, 0.6) is 0 Å². The van der Waals surface area contributed by atoms with Gasteiger partial charge in [-0.1, -0.05) is 41.9 Å². The molecule has 0 aliphatic rings. The number of aliphatic hydroxyl groups is 1. The fraction of sp³-hybridized carbons (Fsp3) is 0.143. The van der Waals surface area contributed by atoms with Gasteiger partial charge in [-0.05, 0) is 17.7 Å². The summed E-state index contributed by atoms with van der Waals surface area (Å²) in [6, 6.07) is 11.0. The van der Waals surface area contributed by atoms with Crippen LogP contribution in [0.15, 0.2) is 42.5 Å². The van der Waals surface area contributed by atoms with Crippen LogP contribution in [0.1, 0.15) is 17.2 Å². The molecule has 18 heavy (non-hydrogen) atoms. The normalized spacial score (nSPS) is 12.4. The summed E-state index contributed by atoms with van der Waals surface area (Å²) in [7, 11) is 0. The minimum atomic E-state index is -1.02. The molecule has 0 bridgehead atoms. The third-order valence-electron chi connectivity index (χ3n) is 2.67. The Labute approximate surface area is 109 Å². The highest BCUT2D eigenvalue weighted by Crippen LogP contribution is 2.27. The van der Waals surface area contributed by atoms with Crippen molar-refractivity contribution in [2.75, 3.05) is 0 Å². The summed E-state index contributed by atoms with van der Waals surface area (Å²) in [5, 5.41) is 10.0. The molecule has 1 nitrogen and oxygen atoms in total. The largest absolute Gasteiger partial charge is 0.388 e. The standard InChI is InChI=1S/C14H11ClF2O/c15-11-8-13(17)12(16)7-10(11)14(18)6-9-4-2-1-3-5-9/h1-5,7-8,14,18H,6H2. The summed E-state index contributed by atoms with van der Waals surface area (Å²) in [5.41, 5.74) is 1.09. The average Bonchev–Trinajstić information content (AvgIpc) is 2.35. The van der Waals surface area contributed by atoms with Crippen LogP contribution in [0.3, 0.4) is 0 Å². The molecule has 2 rings (SSSR count). The Hall–Kier alpha value is -1.45. The lowest BCUT2D eigenvalue weighted by molar-refractivity contribution is 0.178.